The van der Waals surface area contributed by atoms with Gasteiger partial charge in [-0.2, -0.15) is 0 Å². The monoisotopic (exact) mass is 174 g/mol. The van der Waals surface area contributed by atoms with Gasteiger partial charge in [-0.3, -0.25) is 0 Å². The van der Waals surface area contributed by atoms with Crippen LogP contribution in [0.4, 0.5) is 0 Å². The number of hydrogen-bond donors (Lipinski definition) is 1. The largest absolute Gasteiger partial charge is 0.479 e. The van der Waals surface area contributed by atoms with E-state index in [4.69, 9.17) is 14.6 Å². The Hall–Kier alpha value is -0.610. The topological polar surface area (TPSA) is 55.8 Å². The van der Waals surface area contributed by atoms with Gasteiger partial charge in [0.25, 0.3) is 0 Å². The van der Waals surface area contributed by atoms with Crippen LogP contribution in [-0.2, 0) is 14.3 Å². The SMILES string of the molecule is COC(C)(C(=O)O)C1CCOC1. The molecule has 0 spiro atoms. The highest BCUT2D eigenvalue weighted by atomic mass is 16.5. The molecule has 70 valence electrons. The van der Waals surface area contributed by atoms with E-state index in [0.717, 1.165) is 6.42 Å². The lowest BCUT2D eigenvalue weighted by Crippen LogP contribution is -2.45. The second-order valence-electron chi connectivity index (χ2n) is 3.18. The summed E-state index contributed by atoms with van der Waals surface area (Å²) >= 11 is 0. The number of carboxylic acid groups (broad SMARTS) is 1. The van der Waals surface area contributed by atoms with E-state index in [0.29, 0.717) is 13.2 Å². The van der Waals surface area contributed by atoms with Crippen LogP contribution in [0.25, 0.3) is 0 Å². The molecule has 0 radical (unpaired) electrons. The second kappa shape index (κ2) is 3.41. The molecule has 0 saturated carbocycles. The van der Waals surface area contributed by atoms with Gasteiger partial charge in [-0.1, -0.05) is 0 Å². The molecule has 0 aromatic carbocycles. The zero-order valence-corrected chi connectivity index (χ0v) is 7.37. The van der Waals surface area contributed by atoms with E-state index in [1.807, 2.05) is 0 Å². The first-order chi connectivity index (χ1) is 5.61. The summed E-state index contributed by atoms with van der Waals surface area (Å²) in [6, 6.07) is 0. The molecule has 0 aromatic heterocycles. The van der Waals surface area contributed by atoms with Crippen molar-refractivity contribution in [3.05, 3.63) is 0 Å². The molecule has 0 aliphatic carbocycles. The fourth-order valence-corrected chi connectivity index (χ4v) is 1.40. The van der Waals surface area contributed by atoms with E-state index in [1.165, 1.54) is 7.11 Å². The lowest BCUT2D eigenvalue weighted by molar-refractivity contribution is -0.167. The molecule has 0 aromatic rings. The van der Waals surface area contributed by atoms with Crippen LogP contribution in [0.5, 0.6) is 0 Å². The predicted molar refractivity (Wildman–Crippen MR) is 42.0 cm³/mol. The molecule has 0 bridgehead atoms. The third-order valence-electron chi connectivity index (χ3n) is 2.56. The zero-order chi connectivity index (χ0) is 9.19. The molecule has 1 N–H and O–H groups in total. The smallest absolute Gasteiger partial charge is 0.336 e. The van der Waals surface area contributed by atoms with Crippen molar-refractivity contribution in [2.24, 2.45) is 5.92 Å². The van der Waals surface area contributed by atoms with Crippen molar-refractivity contribution in [2.45, 2.75) is 18.9 Å². The van der Waals surface area contributed by atoms with E-state index in [2.05, 4.69) is 0 Å². The van der Waals surface area contributed by atoms with Crippen molar-refractivity contribution in [1.82, 2.24) is 0 Å². The van der Waals surface area contributed by atoms with E-state index < -0.39 is 11.6 Å². The van der Waals surface area contributed by atoms with Gasteiger partial charge in [0.05, 0.1) is 6.61 Å². The van der Waals surface area contributed by atoms with Crippen LogP contribution < -0.4 is 0 Å². The van der Waals surface area contributed by atoms with Gasteiger partial charge >= 0.3 is 5.97 Å². The van der Waals surface area contributed by atoms with Crippen LogP contribution in [0.15, 0.2) is 0 Å². The maximum absolute atomic E-state index is 10.9. The molecule has 0 amide bonds. The molecule has 2 unspecified atom stereocenters. The lowest BCUT2D eigenvalue weighted by atomic mass is 9.88. The third kappa shape index (κ3) is 1.44. The first-order valence-electron chi connectivity index (χ1n) is 3.97. The fraction of sp³-hybridized carbons (Fsp3) is 0.875. The summed E-state index contributed by atoms with van der Waals surface area (Å²) in [4.78, 5) is 10.9. The van der Waals surface area contributed by atoms with Crippen molar-refractivity contribution in [1.29, 1.82) is 0 Å². The van der Waals surface area contributed by atoms with E-state index >= 15 is 0 Å². The van der Waals surface area contributed by atoms with Gasteiger partial charge < -0.3 is 14.6 Å². The summed E-state index contributed by atoms with van der Waals surface area (Å²) in [5.41, 5.74) is -1.09. The molecule has 4 nitrogen and oxygen atoms in total. The summed E-state index contributed by atoms with van der Waals surface area (Å²) < 4.78 is 10.1. The van der Waals surface area contributed by atoms with Crippen molar-refractivity contribution in [2.75, 3.05) is 20.3 Å². The molecule has 1 fully saturated rings. The van der Waals surface area contributed by atoms with Crippen LogP contribution in [0.3, 0.4) is 0 Å². The Morgan fingerprint density at radius 1 is 1.75 bits per heavy atom. The lowest BCUT2D eigenvalue weighted by Gasteiger charge is -2.28. The Labute approximate surface area is 71.5 Å². The van der Waals surface area contributed by atoms with Gasteiger partial charge in [-0.25, -0.2) is 4.79 Å². The summed E-state index contributed by atoms with van der Waals surface area (Å²) in [6.45, 7) is 2.71. The van der Waals surface area contributed by atoms with Crippen molar-refractivity contribution < 1.29 is 19.4 Å². The molecular weight excluding hydrogens is 160 g/mol. The molecular formula is C8H14O4. The van der Waals surface area contributed by atoms with Gasteiger partial charge in [0.15, 0.2) is 5.60 Å². The third-order valence-corrected chi connectivity index (χ3v) is 2.56. The predicted octanol–water partition coefficient (Wildman–Crippen LogP) is 0.513. The van der Waals surface area contributed by atoms with Crippen LogP contribution in [0.1, 0.15) is 13.3 Å². The Bertz CT molecular complexity index is 174. The zero-order valence-electron chi connectivity index (χ0n) is 7.37. The van der Waals surface area contributed by atoms with Gasteiger partial charge in [-0.05, 0) is 13.3 Å². The van der Waals surface area contributed by atoms with Crippen LogP contribution in [0, 0.1) is 5.92 Å². The van der Waals surface area contributed by atoms with Crippen LogP contribution >= 0.6 is 0 Å². The number of aliphatic carboxylic acids is 1. The van der Waals surface area contributed by atoms with Crippen molar-refractivity contribution >= 4 is 5.97 Å². The summed E-state index contributed by atoms with van der Waals surface area (Å²) in [5, 5.41) is 8.91. The number of methoxy groups -OCH3 is 1. The average molecular weight is 174 g/mol. The Morgan fingerprint density at radius 3 is 2.75 bits per heavy atom. The second-order valence-corrected chi connectivity index (χ2v) is 3.18. The normalized spacial score (nSPS) is 28.3. The van der Waals surface area contributed by atoms with Gasteiger partial charge in [-0.15, -0.1) is 0 Å². The molecule has 1 saturated heterocycles. The van der Waals surface area contributed by atoms with Crippen LogP contribution in [-0.4, -0.2) is 37.0 Å². The first-order valence-corrected chi connectivity index (χ1v) is 3.97. The Morgan fingerprint density at radius 2 is 2.42 bits per heavy atom. The van der Waals surface area contributed by atoms with Crippen molar-refractivity contribution in [3.63, 3.8) is 0 Å². The average Bonchev–Trinajstić information content (AvgIpc) is 2.54. The number of hydrogen-bond acceptors (Lipinski definition) is 3. The fourth-order valence-electron chi connectivity index (χ4n) is 1.40. The van der Waals surface area contributed by atoms with E-state index in [9.17, 15) is 4.79 Å². The molecule has 1 aliphatic rings. The number of carbonyl (C=O) groups is 1. The van der Waals surface area contributed by atoms with Gasteiger partial charge in [0.2, 0.25) is 0 Å². The summed E-state index contributed by atoms with van der Waals surface area (Å²) in [7, 11) is 1.42. The van der Waals surface area contributed by atoms with Gasteiger partial charge in [0, 0.05) is 19.6 Å². The maximum atomic E-state index is 10.9. The molecule has 4 heteroatoms. The first kappa shape index (κ1) is 9.48. The minimum atomic E-state index is -1.09. The molecule has 1 aliphatic heterocycles. The minimum absolute atomic E-state index is 0.0278. The van der Waals surface area contributed by atoms with Crippen LogP contribution in [0.2, 0.25) is 0 Å². The highest BCUT2D eigenvalue weighted by molar-refractivity contribution is 5.77. The van der Waals surface area contributed by atoms with E-state index in [-0.39, 0.29) is 5.92 Å². The quantitative estimate of drug-likeness (QED) is 0.677. The standard InChI is InChI=1S/C8H14O4/c1-8(11-2,7(9)10)6-3-4-12-5-6/h6H,3-5H2,1-2H3,(H,9,10). The summed E-state index contributed by atoms with van der Waals surface area (Å²) in [5.74, 6) is -0.944. The minimum Gasteiger partial charge on any atom is -0.479 e. The number of ether oxygens (including phenoxy) is 2. The van der Waals surface area contributed by atoms with Crippen molar-refractivity contribution in [3.8, 4) is 0 Å². The molecule has 2 atom stereocenters. The van der Waals surface area contributed by atoms with Gasteiger partial charge in [0.1, 0.15) is 0 Å². The molecule has 1 heterocycles. The van der Waals surface area contributed by atoms with E-state index in [1.54, 1.807) is 6.92 Å². The highest BCUT2D eigenvalue weighted by Crippen LogP contribution is 2.28. The number of carboxylic acids is 1. The molecule has 1 rings (SSSR count). The molecule has 12 heavy (non-hydrogen) atoms. The summed E-state index contributed by atoms with van der Waals surface area (Å²) in [6.07, 6.45) is 0.761. The Kier molecular flexibility index (Phi) is 2.69. The maximum Gasteiger partial charge on any atom is 0.336 e. The highest BCUT2D eigenvalue weighted by Gasteiger charge is 2.43. The Balaban J connectivity index is 2.70. The number of rotatable bonds is 3.